The summed E-state index contributed by atoms with van der Waals surface area (Å²) in [5.41, 5.74) is 4.23. The van der Waals surface area contributed by atoms with Gasteiger partial charge in [0, 0.05) is 0 Å². The number of benzene rings is 1. The fraction of sp³-hybridized carbons (Fsp3) is 0.500. The molecule has 0 saturated carbocycles. The highest BCUT2D eigenvalue weighted by atomic mass is 14.1. The molecule has 0 aliphatic carbocycles. The molecule has 0 fully saturated rings. The third-order valence-corrected chi connectivity index (χ3v) is 2.36. The molecule has 0 aromatic heterocycles. The van der Waals surface area contributed by atoms with Gasteiger partial charge in [0.05, 0.1) is 0 Å². The van der Waals surface area contributed by atoms with Crippen LogP contribution in [0.2, 0.25) is 0 Å². The molecular formula is C14H21. The molecule has 77 valence electrons. The second-order valence-corrected chi connectivity index (χ2v) is 4.81. The highest BCUT2D eigenvalue weighted by Crippen LogP contribution is 2.19. The molecule has 0 aliphatic rings. The van der Waals surface area contributed by atoms with Crippen LogP contribution in [0.25, 0.3) is 0 Å². The van der Waals surface area contributed by atoms with E-state index in [1.807, 2.05) is 0 Å². The van der Waals surface area contributed by atoms with E-state index in [0.717, 1.165) is 5.92 Å². The van der Waals surface area contributed by atoms with Crippen molar-refractivity contribution >= 4 is 0 Å². The van der Waals surface area contributed by atoms with E-state index in [1.165, 1.54) is 29.0 Å². The zero-order chi connectivity index (χ0) is 10.7. The lowest BCUT2D eigenvalue weighted by Crippen LogP contribution is -1.97. The van der Waals surface area contributed by atoms with Crippen LogP contribution in [0.1, 0.15) is 44.4 Å². The summed E-state index contributed by atoms with van der Waals surface area (Å²) in [6, 6.07) is 6.88. The second kappa shape index (κ2) is 4.63. The molecule has 1 rings (SSSR count). The van der Waals surface area contributed by atoms with E-state index in [1.54, 1.807) is 0 Å². The van der Waals surface area contributed by atoms with Crippen LogP contribution in [0, 0.1) is 18.8 Å². The number of hydrogen-bond acceptors (Lipinski definition) is 0. The third kappa shape index (κ3) is 3.17. The van der Waals surface area contributed by atoms with Gasteiger partial charge in [0.2, 0.25) is 0 Å². The number of rotatable bonds is 3. The van der Waals surface area contributed by atoms with Crippen LogP contribution in [0.4, 0.5) is 0 Å². The molecule has 0 aliphatic heterocycles. The maximum atomic E-state index is 2.32. The minimum Gasteiger partial charge on any atom is -0.0625 e. The molecule has 0 heteroatoms. The first-order valence-electron chi connectivity index (χ1n) is 5.40. The molecule has 0 atom stereocenters. The summed E-state index contributed by atoms with van der Waals surface area (Å²) < 4.78 is 0. The Hall–Kier alpha value is -0.780. The molecule has 0 saturated heterocycles. The first-order chi connectivity index (χ1) is 6.49. The summed E-state index contributed by atoms with van der Waals surface area (Å²) in [6.07, 6.45) is 1.18. The number of hydrogen-bond donors (Lipinski definition) is 0. The van der Waals surface area contributed by atoms with Crippen LogP contribution in [-0.2, 0) is 6.42 Å². The van der Waals surface area contributed by atoms with Crippen molar-refractivity contribution < 1.29 is 0 Å². The first kappa shape index (κ1) is 11.3. The zero-order valence-electron chi connectivity index (χ0n) is 10.0. The zero-order valence-corrected chi connectivity index (χ0v) is 10.0. The molecule has 0 N–H and O–H groups in total. The van der Waals surface area contributed by atoms with Crippen molar-refractivity contribution in [3.8, 4) is 0 Å². The molecule has 0 nitrogen and oxygen atoms in total. The Kier molecular flexibility index (Phi) is 3.74. The highest BCUT2D eigenvalue weighted by Gasteiger charge is 2.04. The van der Waals surface area contributed by atoms with E-state index in [4.69, 9.17) is 0 Å². The molecular weight excluding hydrogens is 168 g/mol. The van der Waals surface area contributed by atoms with Gasteiger partial charge < -0.3 is 0 Å². The predicted octanol–water partition coefficient (Wildman–Crippen LogP) is 4.16. The van der Waals surface area contributed by atoms with Crippen LogP contribution in [0.5, 0.6) is 0 Å². The number of aryl methyl sites for hydroxylation is 1. The highest BCUT2D eigenvalue weighted by molar-refractivity contribution is 5.36. The van der Waals surface area contributed by atoms with Crippen molar-refractivity contribution in [2.45, 2.75) is 41.0 Å². The van der Waals surface area contributed by atoms with Crippen LogP contribution >= 0.6 is 0 Å². The Labute approximate surface area is 88.4 Å². The predicted molar refractivity (Wildman–Crippen MR) is 63.4 cm³/mol. The van der Waals surface area contributed by atoms with Gasteiger partial charge in [-0.25, -0.2) is 0 Å². The van der Waals surface area contributed by atoms with Gasteiger partial charge in [0.15, 0.2) is 0 Å². The molecule has 0 spiro atoms. The van der Waals surface area contributed by atoms with Crippen molar-refractivity contribution in [2.24, 2.45) is 5.92 Å². The summed E-state index contributed by atoms with van der Waals surface area (Å²) in [5.74, 6) is 2.14. The largest absolute Gasteiger partial charge is 0.0625 e. The smallest absolute Gasteiger partial charge is 0.00118 e. The maximum Gasteiger partial charge on any atom is -0.00118 e. The Morgan fingerprint density at radius 2 is 1.79 bits per heavy atom. The van der Waals surface area contributed by atoms with Crippen molar-refractivity contribution in [3.63, 3.8) is 0 Å². The normalized spacial score (nSPS) is 11.4. The van der Waals surface area contributed by atoms with Crippen molar-refractivity contribution in [3.05, 3.63) is 40.8 Å². The lowest BCUT2D eigenvalue weighted by atomic mass is 9.94. The van der Waals surface area contributed by atoms with Crippen LogP contribution in [-0.4, -0.2) is 0 Å². The lowest BCUT2D eigenvalue weighted by Gasteiger charge is -2.11. The molecule has 0 amide bonds. The van der Waals surface area contributed by atoms with Gasteiger partial charge in [-0.05, 0) is 36.3 Å². The van der Waals surface area contributed by atoms with Crippen molar-refractivity contribution in [2.75, 3.05) is 0 Å². The summed E-state index contributed by atoms with van der Waals surface area (Å²) in [7, 11) is 0. The van der Waals surface area contributed by atoms with Crippen molar-refractivity contribution in [1.82, 2.24) is 0 Å². The van der Waals surface area contributed by atoms with Gasteiger partial charge in [0.25, 0.3) is 0 Å². The monoisotopic (exact) mass is 189 g/mol. The molecule has 0 heterocycles. The average molecular weight is 189 g/mol. The topological polar surface area (TPSA) is 0 Å². The summed E-state index contributed by atoms with van der Waals surface area (Å²) in [5, 5.41) is 0. The molecule has 1 aromatic rings. The van der Waals surface area contributed by atoms with Crippen LogP contribution in [0.15, 0.2) is 18.2 Å². The van der Waals surface area contributed by atoms with Gasteiger partial charge in [0.1, 0.15) is 0 Å². The van der Waals surface area contributed by atoms with Crippen LogP contribution < -0.4 is 0 Å². The molecule has 0 unspecified atom stereocenters. The fourth-order valence-corrected chi connectivity index (χ4v) is 1.74. The maximum absolute atomic E-state index is 2.32. The Morgan fingerprint density at radius 3 is 2.29 bits per heavy atom. The Bertz CT molecular complexity index is 295. The molecule has 1 aromatic carbocycles. The minimum absolute atomic E-state index is 0.738. The Balaban J connectivity index is 2.95. The van der Waals surface area contributed by atoms with Crippen molar-refractivity contribution in [1.29, 1.82) is 0 Å². The third-order valence-electron chi connectivity index (χ3n) is 2.36. The minimum atomic E-state index is 0.738. The second-order valence-electron chi connectivity index (χ2n) is 4.81. The molecule has 14 heavy (non-hydrogen) atoms. The van der Waals surface area contributed by atoms with Gasteiger partial charge in [-0.15, -0.1) is 0 Å². The average Bonchev–Trinajstić information content (AvgIpc) is 2.01. The summed E-state index contributed by atoms with van der Waals surface area (Å²) in [4.78, 5) is 0. The van der Waals surface area contributed by atoms with E-state index in [-0.39, 0.29) is 0 Å². The SMILES string of the molecule is C[C](C)c1cc(C)cc(CC(C)C)c1. The quantitative estimate of drug-likeness (QED) is 0.670. The Morgan fingerprint density at radius 1 is 1.14 bits per heavy atom. The summed E-state index contributed by atoms with van der Waals surface area (Å²) >= 11 is 0. The van der Waals surface area contributed by atoms with E-state index in [0.29, 0.717) is 0 Å². The lowest BCUT2D eigenvalue weighted by molar-refractivity contribution is 0.646. The molecule has 1 radical (unpaired) electrons. The van der Waals surface area contributed by atoms with E-state index in [2.05, 4.69) is 52.8 Å². The summed E-state index contributed by atoms with van der Waals surface area (Å²) in [6.45, 7) is 11.1. The fourth-order valence-electron chi connectivity index (χ4n) is 1.74. The van der Waals surface area contributed by atoms with E-state index < -0.39 is 0 Å². The van der Waals surface area contributed by atoms with Gasteiger partial charge in [-0.3, -0.25) is 0 Å². The van der Waals surface area contributed by atoms with Gasteiger partial charge in [-0.2, -0.15) is 0 Å². The van der Waals surface area contributed by atoms with E-state index >= 15 is 0 Å². The first-order valence-corrected chi connectivity index (χ1v) is 5.40. The standard InChI is InChI=1S/C14H21/c1-10(2)6-13-7-12(5)8-14(9-13)11(3)4/h7-10H,6H2,1-5H3. The molecule has 0 bridgehead atoms. The van der Waals surface area contributed by atoms with Gasteiger partial charge >= 0.3 is 0 Å². The van der Waals surface area contributed by atoms with Gasteiger partial charge in [-0.1, -0.05) is 51.5 Å². The van der Waals surface area contributed by atoms with E-state index in [9.17, 15) is 0 Å². The van der Waals surface area contributed by atoms with Crippen LogP contribution in [0.3, 0.4) is 0 Å².